The van der Waals surface area contributed by atoms with E-state index in [9.17, 15) is 0 Å². The standard InChI is InChI=1S/C13H23N5O/c1-4-7-19-13-11(14)12(15-9-16-13)18-6-5-17(3)8-10(18)2/h9-10H,4-8,14H2,1-3H3. The molecule has 0 aromatic carbocycles. The first kappa shape index (κ1) is 13.9. The van der Waals surface area contributed by atoms with Crippen LogP contribution in [0.1, 0.15) is 20.3 Å². The van der Waals surface area contributed by atoms with Crippen LogP contribution in [0.25, 0.3) is 0 Å². The first-order valence-electron chi connectivity index (χ1n) is 6.82. The highest BCUT2D eigenvalue weighted by Gasteiger charge is 2.25. The molecule has 1 atom stereocenters. The van der Waals surface area contributed by atoms with Gasteiger partial charge in [0.05, 0.1) is 6.61 Å². The van der Waals surface area contributed by atoms with Crippen molar-refractivity contribution in [2.45, 2.75) is 26.3 Å². The molecule has 2 N–H and O–H groups in total. The predicted octanol–water partition coefficient (Wildman–Crippen LogP) is 0.988. The highest BCUT2D eigenvalue weighted by Crippen LogP contribution is 2.30. The normalized spacial score (nSPS) is 20.6. The summed E-state index contributed by atoms with van der Waals surface area (Å²) in [5, 5.41) is 0. The fourth-order valence-electron chi connectivity index (χ4n) is 2.37. The Morgan fingerprint density at radius 3 is 2.89 bits per heavy atom. The number of hydrogen-bond donors (Lipinski definition) is 1. The molecule has 6 nitrogen and oxygen atoms in total. The number of hydrogen-bond acceptors (Lipinski definition) is 6. The molecule has 1 aromatic rings. The number of ether oxygens (including phenoxy) is 1. The van der Waals surface area contributed by atoms with Crippen LogP contribution in [0.5, 0.6) is 5.88 Å². The lowest BCUT2D eigenvalue weighted by Gasteiger charge is -2.39. The molecule has 0 radical (unpaired) electrons. The summed E-state index contributed by atoms with van der Waals surface area (Å²) in [7, 11) is 2.13. The minimum atomic E-state index is 0.384. The lowest BCUT2D eigenvalue weighted by Crippen LogP contribution is -2.51. The minimum Gasteiger partial charge on any atom is -0.476 e. The molecule has 1 saturated heterocycles. The van der Waals surface area contributed by atoms with E-state index in [0.717, 1.165) is 31.9 Å². The van der Waals surface area contributed by atoms with E-state index in [1.54, 1.807) is 0 Å². The fourth-order valence-corrected chi connectivity index (χ4v) is 2.37. The molecule has 0 amide bonds. The van der Waals surface area contributed by atoms with Crippen LogP contribution >= 0.6 is 0 Å². The van der Waals surface area contributed by atoms with Gasteiger partial charge in [0.25, 0.3) is 0 Å². The number of rotatable bonds is 4. The van der Waals surface area contributed by atoms with Crippen molar-refractivity contribution < 1.29 is 4.74 Å². The van der Waals surface area contributed by atoms with Crippen molar-refractivity contribution in [3.05, 3.63) is 6.33 Å². The van der Waals surface area contributed by atoms with Gasteiger partial charge < -0.3 is 20.3 Å². The molecule has 1 aliphatic heterocycles. The third-order valence-electron chi connectivity index (χ3n) is 3.37. The van der Waals surface area contributed by atoms with E-state index in [-0.39, 0.29) is 0 Å². The van der Waals surface area contributed by atoms with Crippen molar-refractivity contribution in [2.75, 3.05) is 43.9 Å². The molecule has 106 valence electrons. The number of aromatic nitrogens is 2. The van der Waals surface area contributed by atoms with Gasteiger partial charge in [-0.3, -0.25) is 0 Å². The predicted molar refractivity (Wildman–Crippen MR) is 76.5 cm³/mol. The SMILES string of the molecule is CCCOc1ncnc(N2CCN(C)CC2C)c1N. The van der Waals surface area contributed by atoms with Crippen molar-refractivity contribution >= 4 is 11.5 Å². The largest absolute Gasteiger partial charge is 0.476 e. The van der Waals surface area contributed by atoms with Crippen LogP contribution in [0.2, 0.25) is 0 Å². The van der Waals surface area contributed by atoms with Crippen molar-refractivity contribution in [1.29, 1.82) is 0 Å². The first-order valence-corrected chi connectivity index (χ1v) is 6.82. The van der Waals surface area contributed by atoms with Crippen molar-refractivity contribution in [3.8, 4) is 5.88 Å². The molecule has 1 aliphatic rings. The topological polar surface area (TPSA) is 67.5 Å². The van der Waals surface area contributed by atoms with Gasteiger partial charge in [-0.15, -0.1) is 0 Å². The minimum absolute atomic E-state index is 0.384. The monoisotopic (exact) mass is 265 g/mol. The summed E-state index contributed by atoms with van der Waals surface area (Å²) in [6, 6.07) is 0.384. The molecular weight excluding hydrogens is 242 g/mol. The number of nitrogen functional groups attached to an aromatic ring is 1. The van der Waals surface area contributed by atoms with Gasteiger partial charge in [0, 0.05) is 25.7 Å². The van der Waals surface area contributed by atoms with E-state index >= 15 is 0 Å². The van der Waals surface area contributed by atoms with Crippen LogP contribution in [0.15, 0.2) is 6.33 Å². The Balaban J connectivity index is 2.19. The van der Waals surface area contributed by atoms with Gasteiger partial charge in [0.2, 0.25) is 5.88 Å². The first-order chi connectivity index (χ1) is 9.13. The van der Waals surface area contributed by atoms with Crippen LogP contribution in [-0.2, 0) is 0 Å². The zero-order chi connectivity index (χ0) is 13.8. The molecule has 1 unspecified atom stereocenters. The van der Waals surface area contributed by atoms with Gasteiger partial charge in [0.1, 0.15) is 12.0 Å². The second-order valence-electron chi connectivity index (χ2n) is 5.07. The van der Waals surface area contributed by atoms with E-state index in [4.69, 9.17) is 10.5 Å². The Morgan fingerprint density at radius 2 is 2.21 bits per heavy atom. The zero-order valence-electron chi connectivity index (χ0n) is 12.0. The van der Waals surface area contributed by atoms with Gasteiger partial charge >= 0.3 is 0 Å². The number of likely N-dealkylation sites (N-methyl/N-ethyl adjacent to an activating group) is 1. The van der Waals surface area contributed by atoms with Crippen LogP contribution in [0, 0.1) is 0 Å². The highest BCUT2D eigenvalue weighted by molar-refractivity contribution is 5.68. The van der Waals surface area contributed by atoms with Crippen LogP contribution in [-0.4, -0.2) is 54.2 Å². The third kappa shape index (κ3) is 3.07. The van der Waals surface area contributed by atoms with Crippen LogP contribution < -0.4 is 15.4 Å². The number of anilines is 2. The Morgan fingerprint density at radius 1 is 1.42 bits per heavy atom. The molecular formula is C13H23N5O. The number of nitrogens with two attached hydrogens (primary N) is 1. The quantitative estimate of drug-likeness (QED) is 0.875. The van der Waals surface area contributed by atoms with E-state index < -0.39 is 0 Å². The Bertz CT molecular complexity index is 425. The maximum atomic E-state index is 6.15. The Labute approximate surface area is 114 Å². The Hall–Kier alpha value is -1.56. The van der Waals surface area contributed by atoms with Crippen molar-refractivity contribution in [2.24, 2.45) is 0 Å². The van der Waals surface area contributed by atoms with Gasteiger partial charge in [-0.1, -0.05) is 6.92 Å². The van der Waals surface area contributed by atoms with Crippen molar-refractivity contribution in [3.63, 3.8) is 0 Å². The van der Waals surface area contributed by atoms with E-state index in [1.165, 1.54) is 6.33 Å². The summed E-state index contributed by atoms with van der Waals surface area (Å²) in [6.45, 7) is 7.81. The molecule has 1 aromatic heterocycles. The highest BCUT2D eigenvalue weighted by atomic mass is 16.5. The van der Waals surface area contributed by atoms with E-state index in [2.05, 4.69) is 40.7 Å². The summed E-state index contributed by atoms with van der Waals surface area (Å²) in [5.41, 5.74) is 6.70. The Kier molecular flexibility index (Phi) is 4.42. The zero-order valence-corrected chi connectivity index (χ0v) is 12.0. The van der Waals surface area contributed by atoms with Gasteiger partial charge in [-0.25, -0.2) is 4.98 Å². The van der Waals surface area contributed by atoms with E-state index in [0.29, 0.717) is 24.2 Å². The lowest BCUT2D eigenvalue weighted by atomic mass is 10.2. The molecule has 0 aliphatic carbocycles. The molecule has 1 fully saturated rings. The molecule has 0 spiro atoms. The maximum absolute atomic E-state index is 6.15. The molecule has 2 rings (SSSR count). The average molecular weight is 265 g/mol. The fraction of sp³-hybridized carbons (Fsp3) is 0.692. The summed E-state index contributed by atoms with van der Waals surface area (Å²) in [4.78, 5) is 13.0. The summed E-state index contributed by atoms with van der Waals surface area (Å²) < 4.78 is 5.56. The van der Waals surface area contributed by atoms with E-state index in [1.807, 2.05) is 0 Å². The van der Waals surface area contributed by atoms with Crippen LogP contribution in [0.4, 0.5) is 11.5 Å². The smallest absolute Gasteiger partial charge is 0.242 e. The van der Waals surface area contributed by atoms with Gasteiger partial charge in [-0.05, 0) is 20.4 Å². The second kappa shape index (κ2) is 6.06. The van der Waals surface area contributed by atoms with Gasteiger partial charge in [-0.2, -0.15) is 4.98 Å². The number of piperazine rings is 1. The molecule has 0 saturated carbocycles. The second-order valence-corrected chi connectivity index (χ2v) is 5.07. The summed E-state index contributed by atoms with van der Waals surface area (Å²) in [6.07, 6.45) is 2.46. The lowest BCUT2D eigenvalue weighted by molar-refractivity contribution is 0.274. The van der Waals surface area contributed by atoms with Gasteiger partial charge in [0.15, 0.2) is 5.82 Å². The molecule has 0 bridgehead atoms. The van der Waals surface area contributed by atoms with Crippen LogP contribution in [0.3, 0.4) is 0 Å². The van der Waals surface area contributed by atoms with Crippen molar-refractivity contribution in [1.82, 2.24) is 14.9 Å². The molecule has 6 heteroatoms. The number of nitrogens with zero attached hydrogens (tertiary/aromatic N) is 4. The summed E-state index contributed by atoms with van der Waals surface area (Å²) in [5.74, 6) is 1.29. The average Bonchev–Trinajstić information content (AvgIpc) is 2.38. The molecule has 19 heavy (non-hydrogen) atoms. The maximum Gasteiger partial charge on any atom is 0.242 e. The third-order valence-corrected chi connectivity index (χ3v) is 3.37. The molecule has 2 heterocycles. The summed E-state index contributed by atoms with van der Waals surface area (Å²) >= 11 is 0.